The zero-order valence-electron chi connectivity index (χ0n) is 13.5. The molecule has 4 rings (SSSR count). The molecule has 2 aliphatic heterocycles. The summed E-state index contributed by atoms with van der Waals surface area (Å²) in [4.78, 5) is 14.1. The van der Waals surface area contributed by atoms with Crippen molar-refractivity contribution in [2.24, 2.45) is 0 Å². The van der Waals surface area contributed by atoms with Crippen LogP contribution in [0.3, 0.4) is 0 Å². The molecule has 5 heteroatoms. The van der Waals surface area contributed by atoms with E-state index in [9.17, 15) is 4.79 Å². The Morgan fingerprint density at radius 2 is 1.79 bits per heavy atom. The highest BCUT2D eigenvalue weighted by Crippen LogP contribution is 2.34. The van der Waals surface area contributed by atoms with Crippen LogP contribution in [-0.2, 0) is 4.79 Å². The molecule has 2 atom stereocenters. The highest BCUT2D eigenvalue weighted by molar-refractivity contribution is 6.31. The molecular weight excluding hydrogens is 322 g/mol. The topological polar surface area (TPSA) is 44.4 Å². The monoisotopic (exact) mass is 343 g/mol. The van der Waals surface area contributed by atoms with E-state index in [1.54, 1.807) is 0 Å². The number of piperidine rings is 1. The van der Waals surface area contributed by atoms with Crippen LogP contribution >= 0.6 is 11.6 Å². The molecule has 1 amide bonds. The van der Waals surface area contributed by atoms with E-state index in [2.05, 4.69) is 58.2 Å². The van der Waals surface area contributed by atoms with Gasteiger partial charge in [0.1, 0.15) is 5.38 Å². The third kappa shape index (κ3) is 2.90. The molecule has 2 unspecified atom stereocenters. The van der Waals surface area contributed by atoms with Gasteiger partial charge in [0, 0.05) is 12.6 Å². The van der Waals surface area contributed by atoms with Crippen molar-refractivity contribution in [1.29, 1.82) is 0 Å². The lowest BCUT2D eigenvalue weighted by molar-refractivity contribution is -0.125. The summed E-state index contributed by atoms with van der Waals surface area (Å²) in [5.74, 6) is 0.454. The van der Waals surface area contributed by atoms with E-state index in [0.717, 1.165) is 25.9 Å². The lowest BCUT2D eigenvalue weighted by Gasteiger charge is -2.41. The summed E-state index contributed by atoms with van der Waals surface area (Å²) in [7, 11) is 0. The van der Waals surface area contributed by atoms with E-state index in [-0.39, 0.29) is 11.9 Å². The largest absolute Gasteiger partial charge is 0.297 e. The quantitative estimate of drug-likeness (QED) is 0.824. The van der Waals surface area contributed by atoms with Gasteiger partial charge >= 0.3 is 0 Å². The Morgan fingerprint density at radius 3 is 2.62 bits per heavy atom. The van der Waals surface area contributed by atoms with Gasteiger partial charge in [0.2, 0.25) is 0 Å². The van der Waals surface area contributed by atoms with E-state index in [4.69, 9.17) is 11.6 Å². The highest BCUT2D eigenvalue weighted by atomic mass is 35.5. The van der Waals surface area contributed by atoms with Gasteiger partial charge in [-0.2, -0.15) is 0 Å². The number of amides is 1. The molecule has 0 radical (unpaired) electrons. The predicted molar refractivity (Wildman–Crippen MR) is 97.1 cm³/mol. The zero-order chi connectivity index (χ0) is 16.5. The average Bonchev–Trinajstić information content (AvgIpc) is 2.64. The number of carbonyl (C=O) groups is 1. The highest BCUT2D eigenvalue weighted by Gasteiger charge is 2.36. The summed E-state index contributed by atoms with van der Waals surface area (Å²) in [5.41, 5.74) is 7.02. The van der Waals surface area contributed by atoms with Crippen LogP contribution in [0, 0.1) is 0 Å². The van der Waals surface area contributed by atoms with Crippen LogP contribution in [-0.4, -0.2) is 41.9 Å². The van der Waals surface area contributed by atoms with E-state index < -0.39 is 5.38 Å². The Kier molecular flexibility index (Phi) is 4.44. The van der Waals surface area contributed by atoms with E-state index in [1.165, 1.54) is 16.3 Å². The minimum absolute atomic E-state index is 0.0777. The number of fused-ring (bicyclic) bond motifs is 1. The third-order valence-corrected chi connectivity index (χ3v) is 5.86. The van der Waals surface area contributed by atoms with Crippen LogP contribution in [0.4, 0.5) is 0 Å². The third-order valence-electron chi connectivity index (χ3n) is 5.37. The van der Waals surface area contributed by atoms with Gasteiger partial charge in [0.05, 0.1) is 0 Å². The summed E-state index contributed by atoms with van der Waals surface area (Å²) in [6.45, 7) is 2.67. The molecule has 0 saturated carbocycles. The van der Waals surface area contributed by atoms with Gasteiger partial charge in [-0.15, -0.1) is 11.6 Å². The van der Waals surface area contributed by atoms with Crippen molar-refractivity contribution in [2.75, 3.05) is 19.6 Å². The molecule has 0 bridgehead atoms. The van der Waals surface area contributed by atoms with Crippen molar-refractivity contribution >= 4 is 28.3 Å². The van der Waals surface area contributed by atoms with Crippen molar-refractivity contribution in [1.82, 2.24) is 15.8 Å². The maximum atomic E-state index is 11.7. The first-order valence-corrected chi connectivity index (χ1v) is 9.06. The number of rotatable bonds is 2. The fraction of sp³-hybridized carbons (Fsp3) is 0.421. The molecule has 24 heavy (non-hydrogen) atoms. The van der Waals surface area contributed by atoms with Gasteiger partial charge in [-0.25, -0.2) is 5.43 Å². The van der Waals surface area contributed by atoms with Crippen molar-refractivity contribution in [3.05, 3.63) is 48.0 Å². The van der Waals surface area contributed by atoms with Crippen LogP contribution < -0.4 is 10.9 Å². The first-order valence-electron chi connectivity index (χ1n) is 8.62. The summed E-state index contributed by atoms with van der Waals surface area (Å²) < 4.78 is 0. The van der Waals surface area contributed by atoms with Gasteiger partial charge in [-0.3, -0.25) is 15.1 Å². The van der Waals surface area contributed by atoms with Crippen molar-refractivity contribution in [3.8, 4) is 0 Å². The van der Waals surface area contributed by atoms with Crippen LogP contribution in [0.2, 0.25) is 0 Å². The zero-order valence-corrected chi connectivity index (χ0v) is 14.3. The maximum absolute atomic E-state index is 11.7. The van der Waals surface area contributed by atoms with Crippen LogP contribution in [0.25, 0.3) is 10.8 Å². The molecule has 2 fully saturated rings. The van der Waals surface area contributed by atoms with Gasteiger partial charge in [-0.1, -0.05) is 42.5 Å². The number of carbonyl (C=O) groups excluding carboxylic acids is 1. The standard InChI is InChI=1S/C19H22ClN3O/c20-18-17(12-21-22-19(18)24)23-10-8-14(9-11-23)16-7-3-5-13-4-1-2-6-15(13)16/h1-7,14,17-18,21H,8-12H2,(H,22,24). The molecule has 2 saturated heterocycles. The number of halogens is 1. The molecular formula is C19H22ClN3O. The molecule has 2 heterocycles. The maximum Gasteiger partial charge on any atom is 0.253 e. The Morgan fingerprint density at radius 1 is 1.04 bits per heavy atom. The van der Waals surface area contributed by atoms with Gasteiger partial charge in [0.15, 0.2) is 0 Å². The second-order valence-electron chi connectivity index (χ2n) is 6.72. The molecule has 2 N–H and O–H groups in total. The normalized spacial score (nSPS) is 26.5. The number of nitrogens with zero attached hydrogens (tertiary/aromatic N) is 1. The first-order chi connectivity index (χ1) is 11.7. The number of benzene rings is 2. The molecule has 2 aliphatic rings. The van der Waals surface area contributed by atoms with E-state index in [0.29, 0.717) is 12.5 Å². The molecule has 0 aliphatic carbocycles. The minimum Gasteiger partial charge on any atom is -0.297 e. The fourth-order valence-electron chi connectivity index (χ4n) is 4.05. The lowest BCUT2D eigenvalue weighted by atomic mass is 9.85. The van der Waals surface area contributed by atoms with Crippen molar-refractivity contribution in [3.63, 3.8) is 0 Å². The molecule has 2 aromatic carbocycles. The van der Waals surface area contributed by atoms with E-state index in [1.807, 2.05) is 0 Å². The Bertz CT molecular complexity index is 737. The summed E-state index contributed by atoms with van der Waals surface area (Å²) in [5, 5.41) is 2.21. The summed E-state index contributed by atoms with van der Waals surface area (Å²) >= 11 is 6.30. The number of hydrazine groups is 1. The van der Waals surface area contributed by atoms with E-state index >= 15 is 0 Å². The molecule has 0 spiro atoms. The Balaban J connectivity index is 1.49. The van der Waals surface area contributed by atoms with Gasteiger partial charge in [-0.05, 0) is 48.2 Å². The average molecular weight is 344 g/mol. The molecule has 0 aromatic heterocycles. The number of hydrogen-bond donors (Lipinski definition) is 2. The van der Waals surface area contributed by atoms with Crippen LogP contribution in [0.1, 0.15) is 24.3 Å². The number of alkyl halides is 1. The number of hydrogen-bond acceptors (Lipinski definition) is 3. The second-order valence-corrected chi connectivity index (χ2v) is 7.19. The SMILES string of the molecule is O=C1NNCC(N2CCC(c3cccc4ccccc34)CC2)C1Cl. The van der Waals surface area contributed by atoms with Crippen LogP contribution in [0.5, 0.6) is 0 Å². The van der Waals surface area contributed by atoms with Crippen molar-refractivity contribution < 1.29 is 4.79 Å². The molecule has 4 nitrogen and oxygen atoms in total. The summed E-state index contributed by atoms with van der Waals surface area (Å²) in [6, 6.07) is 15.3. The number of nitrogens with one attached hydrogen (secondary N) is 2. The van der Waals surface area contributed by atoms with Crippen LogP contribution in [0.15, 0.2) is 42.5 Å². The van der Waals surface area contributed by atoms with Gasteiger partial charge in [0.25, 0.3) is 5.91 Å². The summed E-state index contributed by atoms with van der Waals surface area (Å²) in [6.07, 6.45) is 2.21. The molecule has 126 valence electrons. The Labute approximate surface area is 147 Å². The Hall–Kier alpha value is -1.62. The van der Waals surface area contributed by atoms with Gasteiger partial charge < -0.3 is 0 Å². The second kappa shape index (κ2) is 6.71. The minimum atomic E-state index is -0.472. The molecule has 2 aromatic rings. The smallest absolute Gasteiger partial charge is 0.253 e. The fourth-order valence-corrected chi connectivity index (χ4v) is 4.36. The van der Waals surface area contributed by atoms with Crippen molar-refractivity contribution in [2.45, 2.75) is 30.2 Å². The predicted octanol–water partition coefficient (Wildman–Crippen LogP) is 2.63. The lowest BCUT2D eigenvalue weighted by Crippen LogP contribution is -2.62. The first kappa shape index (κ1) is 15.9. The number of likely N-dealkylation sites (tertiary alicyclic amines) is 1.